The molecule has 5 rings (SSSR count). The minimum Gasteiger partial charge on any atom is -0.465 e. The maximum atomic E-state index is 15.2. The number of alkyl carbamates (subject to hydrolysis) is 1. The van der Waals surface area contributed by atoms with Gasteiger partial charge in [-0.2, -0.15) is 0 Å². The lowest BCUT2D eigenvalue weighted by molar-refractivity contribution is 0.0516. The van der Waals surface area contributed by atoms with Gasteiger partial charge in [-0.3, -0.25) is 4.90 Å². The number of nitrogens with zero attached hydrogens (tertiary/aromatic N) is 3. The summed E-state index contributed by atoms with van der Waals surface area (Å²) in [5.74, 6) is -2.30. The summed E-state index contributed by atoms with van der Waals surface area (Å²) in [5, 5.41) is 12.8. The number of H-pyrrole nitrogens is 1. The molecular weight excluding hydrogens is 496 g/mol. The topological polar surface area (TPSA) is 111 Å². The third-order valence-corrected chi connectivity index (χ3v) is 7.21. The summed E-state index contributed by atoms with van der Waals surface area (Å²) >= 11 is 6.56. The second-order valence-corrected chi connectivity index (χ2v) is 10.9. The summed E-state index contributed by atoms with van der Waals surface area (Å²) in [7, 11) is 1.25. The van der Waals surface area contributed by atoms with Gasteiger partial charge in [-0.1, -0.05) is 11.6 Å². The summed E-state index contributed by atoms with van der Waals surface area (Å²) in [4.78, 5) is 33.8. The number of ether oxygens (including phenoxy) is 1. The number of hydrogen-bond acceptors (Lipinski definition) is 5. The SMILES string of the molecule is CN(C(=O)O)c1cc(F)c(F)c2c1[nH]c1ncc(Cl)c(N3CC[C@]4(C[C@@H]4NC(=O)OC(C)(C)C)C3)c12. The largest absolute Gasteiger partial charge is 0.465 e. The van der Waals surface area contributed by atoms with Crippen LogP contribution in [-0.2, 0) is 4.74 Å². The van der Waals surface area contributed by atoms with E-state index in [0.29, 0.717) is 18.8 Å². The molecule has 1 saturated heterocycles. The van der Waals surface area contributed by atoms with Gasteiger partial charge < -0.3 is 25.0 Å². The monoisotopic (exact) mass is 521 g/mol. The van der Waals surface area contributed by atoms with Gasteiger partial charge in [0, 0.05) is 37.7 Å². The molecule has 2 atom stereocenters. The molecule has 3 heterocycles. The molecule has 1 aromatic carbocycles. The van der Waals surface area contributed by atoms with Gasteiger partial charge in [-0.25, -0.2) is 23.4 Å². The van der Waals surface area contributed by atoms with Crippen LogP contribution in [0.2, 0.25) is 5.02 Å². The van der Waals surface area contributed by atoms with E-state index < -0.39 is 29.4 Å². The molecule has 9 nitrogen and oxygen atoms in total. The Balaban J connectivity index is 1.53. The molecular formula is C24H26ClF2N5O4. The number of carbonyl (C=O) groups is 2. The van der Waals surface area contributed by atoms with Crippen LogP contribution in [0.4, 0.5) is 29.7 Å². The number of aromatic amines is 1. The summed E-state index contributed by atoms with van der Waals surface area (Å²) in [6.07, 6.45) is 1.15. The van der Waals surface area contributed by atoms with Gasteiger partial charge in [-0.15, -0.1) is 0 Å². The van der Waals surface area contributed by atoms with Gasteiger partial charge >= 0.3 is 12.2 Å². The Labute approximate surface area is 210 Å². The van der Waals surface area contributed by atoms with E-state index >= 15 is 4.39 Å². The Morgan fingerprint density at radius 2 is 2.08 bits per heavy atom. The van der Waals surface area contributed by atoms with E-state index in [0.717, 1.165) is 23.8 Å². The maximum absolute atomic E-state index is 15.2. The molecule has 1 aliphatic heterocycles. The van der Waals surface area contributed by atoms with Crippen LogP contribution in [-0.4, -0.2) is 59.0 Å². The van der Waals surface area contributed by atoms with Crippen LogP contribution in [0.5, 0.6) is 0 Å². The summed E-state index contributed by atoms with van der Waals surface area (Å²) in [5.41, 5.74) is 0.0233. The predicted molar refractivity (Wildman–Crippen MR) is 132 cm³/mol. The first-order valence-electron chi connectivity index (χ1n) is 11.5. The van der Waals surface area contributed by atoms with Gasteiger partial charge in [0.25, 0.3) is 0 Å². The zero-order valence-corrected chi connectivity index (χ0v) is 21.0. The highest BCUT2D eigenvalue weighted by molar-refractivity contribution is 6.36. The second kappa shape index (κ2) is 8.09. The highest BCUT2D eigenvalue weighted by Gasteiger charge is 2.58. The third-order valence-electron chi connectivity index (χ3n) is 6.93. The molecule has 0 radical (unpaired) electrons. The van der Waals surface area contributed by atoms with Crippen LogP contribution in [0, 0.1) is 17.0 Å². The smallest absolute Gasteiger partial charge is 0.411 e. The molecule has 2 amide bonds. The van der Waals surface area contributed by atoms with E-state index in [1.165, 1.54) is 13.2 Å². The molecule has 3 N–H and O–H groups in total. The number of aromatic nitrogens is 2. The summed E-state index contributed by atoms with van der Waals surface area (Å²) in [6, 6.07) is 0.770. The van der Waals surface area contributed by atoms with Crippen molar-refractivity contribution in [2.24, 2.45) is 5.41 Å². The number of pyridine rings is 1. The highest BCUT2D eigenvalue weighted by Crippen LogP contribution is 2.55. The minimum absolute atomic E-state index is 0.0433. The quantitative estimate of drug-likeness (QED) is 0.434. The molecule has 3 aromatic rings. The fourth-order valence-corrected chi connectivity index (χ4v) is 5.38. The van der Waals surface area contributed by atoms with Crippen molar-refractivity contribution in [2.45, 2.75) is 45.3 Å². The number of benzene rings is 1. The van der Waals surface area contributed by atoms with Crippen LogP contribution in [0.3, 0.4) is 0 Å². The molecule has 2 fully saturated rings. The second-order valence-electron chi connectivity index (χ2n) is 10.5. The Hall–Kier alpha value is -3.34. The average molecular weight is 522 g/mol. The Morgan fingerprint density at radius 3 is 2.75 bits per heavy atom. The number of carbonyl (C=O) groups excluding carboxylic acids is 1. The molecule has 36 heavy (non-hydrogen) atoms. The number of rotatable bonds is 3. The van der Waals surface area contributed by atoms with Crippen molar-refractivity contribution in [2.75, 3.05) is 29.9 Å². The molecule has 12 heteroatoms. The molecule has 0 bridgehead atoms. The number of hydrogen-bond donors (Lipinski definition) is 3. The van der Waals surface area contributed by atoms with Crippen LogP contribution >= 0.6 is 11.6 Å². The first kappa shape index (κ1) is 24.4. The predicted octanol–water partition coefficient (Wildman–Crippen LogP) is 5.26. The zero-order chi connectivity index (χ0) is 26.2. The van der Waals surface area contributed by atoms with E-state index in [1.807, 2.05) is 4.90 Å². The Kier molecular flexibility index (Phi) is 5.47. The van der Waals surface area contributed by atoms with Crippen molar-refractivity contribution in [3.05, 3.63) is 28.9 Å². The molecule has 1 aliphatic carbocycles. The number of halogens is 3. The van der Waals surface area contributed by atoms with Crippen molar-refractivity contribution in [1.29, 1.82) is 0 Å². The fraction of sp³-hybridized carbons (Fsp3) is 0.458. The normalized spacial score (nSPS) is 21.4. The van der Waals surface area contributed by atoms with Gasteiger partial charge in [0.05, 0.1) is 38.9 Å². The highest BCUT2D eigenvalue weighted by atomic mass is 35.5. The maximum Gasteiger partial charge on any atom is 0.411 e. The first-order valence-corrected chi connectivity index (χ1v) is 11.9. The van der Waals surface area contributed by atoms with Crippen molar-refractivity contribution in [3.63, 3.8) is 0 Å². The van der Waals surface area contributed by atoms with E-state index in [2.05, 4.69) is 15.3 Å². The van der Waals surface area contributed by atoms with E-state index in [-0.39, 0.29) is 44.1 Å². The number of fused-ring (bicyclic) bond motifs is 3. The van der Waals surface area contributed by atoms with Crippen molar-refractivity contribution < 1.29 is 28.2 Å². The number of anilines is 2. The Bertz CT molecular complexity index is 1420. The zero-order valence-electron chi connectivity index (χ0n) is 20.2. The summed E-state index contributed by atoms with van der Waals surface area (Å²) in [6.45, 7) is 6.51. The summed E-state index contributed by atoms with van der Waals surface area (Å²) < 4.78 is 35.2. The van der Waals surface area contributed by atoms with Crippen molar-refractivity contribution in [3.8, 4) is 0 Å². The molecule has 1 saturated carbocycles. The number of nitrogens with one attached hydrogen (secondary N) is 2. The van der Waals surface area contributed by atoms with Crippen LogP contribution in [0.15, 0.2) is 12.3 Å². The lowest BCUT2D eigenvalue weighted by atomic mass is 10.1. The average Bonchev–Trinajstić information content (AvgIpc) is 3.09. The van der Waals surface area contributed by atoms with Crippen molar-refractivity contribution in [1.82, 2.24) is 15.3 Å². The molecule has 1 spiro atoms. The van der Waals surface area contributed by atoms with Crippen molar-refractivity contribution >= 4 is 57.1 Å². The number of amides is 2. The van der Waals surface area contributed by atoms with Gasteiger partial charge in [0.2, 0.25) is 0 Å². The van der Waals surface area contributed by atoms with Crippen LogP contribution in [0.1, 0.15) is 33.6 Å². The van der Waals surface area contributed by atoms with E-state index in [9.17, 15) is 19.1 Å². The molecule has 2 aromatic heterocycles. The van der Waals surface area contributed by atoms with E-state index in [1.54, 1.807) is 20.8 Å². The minimum atomic E-state index is -1.33. The van der Waals surface area contributed by atoms with Gasteiger partial charge in [0.15, 0.2) is 11.6 Å². The lowest BCUT2D eigenvalue weighted by Gasteiger charge is -2.22. The van der Waals surface area contributed by atoms with Gasteiger partial charge in [0.1, 0.15) is 11.2 Å². The molecule has 2 aliphatic rings. The number of carboxylic acid groups (broad SMARTS) is 1. The Morgan fingerprint density at radius 1 is 1.36 bits per heavy atom. The molecule has 192 valence electrons. The standard InChI is InChI=1S/C24H26ClF2N5O4/c1-23(2,3)36-21(33)29-14-8-24(14)5-6-32(10-24)19-11(25)9-28-20-16(19)15-17(27)12(26)7-13(18(15)30-20)31(4)22(34)35/h7,9,14H,5-6,8,10H2,1-4H3,(H,28,30)(H,29,33)(H,34,35)/t14-,24-/m0/s1. The lowest BCUT2D eigenvalue weighted by Crippen LogP contribution is -2.36. The van der Waals surface area contributed by atoms with Crippen LogP contribution < -0.4 is 15.1 Å². The molecule has 0 unspecified atom stereocenters. The fourth-order valence-electron chi connectivity index (χ4n) is 5.12. The third kappa shape index (κ3) is 3.95. The van der Waals surface area contributed by atoms with Gasteiger partial charge in [-0.05, 0) is 33.6 Å². The van der Waals surface area contributed by atoms with Crippen LogP contribution in [0.25, 0.3) is 21.9 Å². The van der Waals surface area contributed by atoms with E-state index in [4.69, 9.17) is 16.3 Å². The first-order chi connectivity index (χ1) is 16.8.